The highest BCUT2D eigenvalue weighted by molar-refractivity contribution is 5.70. The third-order valence-electron chi connectivity index (χ3n) is 11.5. The van der Waals surface area contributed by atoms with Gasteiger partial charge in [-0.3, -0.25) is 9.69 Å². The molecule has 11 nitrogen and oxygen atoms in total. The highest BCUT2D eigenvalue weighted by Crippen LogP contribution is 2.37. The number of aliphatic hydroxyl groups excluding tert-OH is 2. The predicted molar refractivity (Wildman–Crippen MR) is 196 cm³/mol. The lowest BCUT2D eigenvalue weighted by Crippen LogP contribution is -2.53. The van der Waals surface area contributed by atoms with E-state index < -0.39 is 47.7 Å². The highest BCUT2D eigenvalue weighted by Gasteiger charge is 2.47. The number of piperazine rings is 1. The number of carbonyl (C=O) groups excluding carboxylic acids is 2. The molecular formula is C40H66N2O9. The molecule has 4 rings (SSSR count). The van der Waals surface area contributed by atoms with Gasteiger partial charge in [-0.15, -0.1) is 0 Å². The second-order valence-electron chi connectivity index (χ2n) is 16.2. The molecule has 3 aliphatic heterocycles. The minimum atomic E-state index is -1.48. The van der Waals surface area contributed by atoms with Gasteiger partial charge in [0.05, 0.1) is 36.4 Å². The maximum absolute atomic E-state index is 13.5. The van der Waals surface area contributed by atoms with Crippen LogP contribution in [0.2, 0.25) is 0 Å². The van der Waals surface area contributed by atoms with Crippen molar-refractivity contribution in [3.05, 3.63) is 36.0 Å². The molecule has 3 fully saturated rings. The van der Waals surface area contributed by atoms with E-state index in [1.807, 2.05) is 27.7 Å². The molecule has 1 aliphatic carbocycles. The first-order valence-corrected chi connectivity index (χ1v) is 19.5. The van der Waals surface area contributed by atoms with Crippen molar-refractivity contribution in [2.45, 2.75) is 166 Å². The Bertz CT molecular complexity index is 1220. The smallest absolute Gasteiger partial charge is 0.410 e. The average molecular weight is 719 g/mol. The SMILES string of the molecule is CCC(O)C(C)C1OC1CC(C)(O)C=CC=C(C)C1OC(=O)CC(O)CCC(C)(O)C(OC(=O)N2CCN(C3CCCCCC3)CC2)C=CC1C. The minimum absolute atomic E-state index is 0.0102. The number of ether oxygens (including phenoxy) is 3. The zero-order valence-electron chi connectivity index (χ0n) is 31.9. The van der Waals surface area contributed by atoms with Gasteiger partial charge in [0.15, 0.2) is 6.10 Å². The Morgan fingerprint density at radius 1 is 1.14 bits per heavy atom. The van der Waals surface area contributed by atoms with Crippen LogP contribution in [-0.2, 0) is 19.0 Å². The van der Waals surface area contributed by atoms with Gasteiger partial charge in [0.25, 0.3) is 0 Å². The first-order chi connectivity index (χ1) is 24.1. The molecule has 0 aromatic heterocycles. The van der Waals surface area contributed by atoms with Crippen LogP contribution < -0.4 is 0 Å². The van der Waals surface area contributed by atoms with Crippen molar-refractivity contribution in [1.82, 2.24) is 9.80 Å². The van der Waals surface area contributed by atoms with Gasteiger partial charge in [-0.05, 0) is 64.5 Å². The summed E-state index contributed by atoms with van der Waals surface area (Å²) < 4.78 is 17.7. The first kappa shape index (κ1) is 41.5. The number of allylic oxidation sites excluding steroid dienone is 2. The van der Waals surface area contributed by atoms with E-state index in [2.05, 4.69) is 4.90 Å². The van der Waals surface area contributed by atoms with E-state index in [1.165, 1.54) is 38.5 Å². The summed E-state index contributed by atoms with van der Waals surface area (Å²) in [6.07, 6.45) is 13.4. The number of carbonyl (C=O) groups is 2. The minimum Gasteiger partial charge on any atom is -0.457 e. The predicted octanol–water partition coefficient (Wildman–Crippen LogP) is 5.05. The van der Waals surface area contributed by atoms with Crippen LogP contribution in [-0.4, -0.2) is 122 Å². The van der Waals surface area contributed by atoms with Crippen molar-refractivity contribution in [2.75, 3.05) is 26.2 Å². The topological polar surface area (TPSA) is 153 Å². The van der Waals surface area contributed by atoms with Crippen LogP contribution in [0.4, 0.5) is 4.79 Å². The Kier molecular flexibility index (Phi) is 15.2. The molecule has 0 radical (unpaired) electrons. The van der Waals surface area contributed by atoms with E-state index in [4.69, 9.17) is 14.2 Å². The molecule has 4 aliphatic rings. The first-order valence-electron chi connectivity index (χ1n) is 19.5. The molecule has 1 saturated carbocycles. The molecule has 2 saturated heterocycles. The lowest BCUT2D eigenvalue weighted by atomic mass is 9.88. The van der Waals surface area contributed by atoms with Crippen molar-refractivity contribution in [2.24, 2.45) is 11.8 Å². The summed E-state index contributed by atoms with van der Waals surface area (Å²) in [7, 11) is 0. The molecule has 10 atom stereocenters. The summed E-state index contributed by atoms with van der Waals surface area (Å²) in [4.78, 5) is 30.6. The fourth-order valence-electron chi connectivity index (χ4n) is 7.88. The van der Waals surface area contributed by atoms with Crippen LogP contribution in [0, 0.1) is 11.8 Å². The Morgan fingerprint density at radius 3 is 2.45 bits per heavy atom. The monoisotopic (exact) mass is 718 g/mol. The molecule has 0 bridgehead atoms. The van der Waals surface area contributed by atoms with E-state index in [0.29, 0.717) is 37.5 Å². The number of rotatable bonds is 10. The van der Waals surface area contributed by atoms with Crippen molar-refractivity contribution in [1.29, 1.82) is 0 Å². The second-order valence-corrected chi connectivity index (χ2v) is 16.2. The van der Waals surface area contributed by atoms with Gasteiger partial charge >= 0.3 is 12.1 Å². The Hall–Kier alpha value is -2.28. The van der Waals surface area contributed by atoms with Crippen LogP contribution in [0.5, 0.6) is 0 Å². The van der Waals surface area contributed by atoms with E-state index in [-0.39, 0.29) is 43.3 Å². The molecule has 0 spiro atoms. The van der Waals surface area contributed by atoms with Gasteiger partial charge in [0.1, 0.15) is 11.7 Å². The Morgan fingerprint density at radius 2 is 1.80 bits per heavy atom. The zero-order valence-corrected chi connectivity index (χ0v) is 31.9. The fourth-order valence-corrected chi connectivity index (χ4v) is 7.88. The lowest BCUT2D eigenvalue weighted by molar-refractivity contribution is -0.151. The maximum atomic E-state index is 13.5. The van der Waals surface area contributed by atoms with Gasteiger partial charge in [-0.1, -0.05) is 70.8 Å². The molecular weight excluding hydrogens is 652 g/mol. The van der Waals surface area contributed by atoms with E-state index in [0.717, 1.165) is 13.1 Å². The third-order valence-corrected chi connectivity index (χ3v) is 11.5. The number of amides is 1. The van der Waals surface area contributed by atoms with E-state index in [1.54, 1.807) is 49.1 Å². The number of esters is 1. The third kappa shape index (κ3) is 12.4. The van der Waals surface area contributed by atoms with Crippen LogP contribution >= 0.6 is 0 Å². The summed E-state index contributed by atoms with van der Waals surface area (Å²) in [6, 6.07) is 0.581. The number of aliphatic hydroxyl groups is 4. The van der Waals surface area contributed by atoms with Crippen molar-refractivity contribution >= 4 is 12.1 Å². The van der Waals surface area contributed by atoms with Crippen molar-refractivity contribution < 1.29 is 44.2 Å². The zero-order chi connectivity index (χ0) is 37.3. The summed E-state index contributed by atoms with van der Waals surface area (Å²) in [5.74, 6) is -0.935. The van der Waals surface area contributed by atoms with Gasteiger partial charge in [-0.2, -0.15) is 0 Å². The Labute approximate surface area is 305 Å². The largest absolute Gasteiger partial charge is 0.457 e. The van der Waals surface area contributed by atoms with E-state index >= 15 is 0 Å². The van der Waals surface area contributed by atoms with Gasteiger partial charge < -0.3 is 39.5 Å². The summed E-state index contributed by atoms with van der Waals surface area (Å²) >= 11 is 0. The molecule has 1 amide bonds. The highest BCUT2D eigenvalue weighted by atomic mass is 16.6. The van der Waals surface area contributed by atoms with Gasteiger partial charge in [-0.25, -0.2) is 4.79 Å². The quantitative estimate of drug-likeness (QED) is 0.0794. The molecule has 51 heavy (non-hydrogen) atoms. The lowest BCUT2D eigenvalue weighted by Gasteiger charge is -2.40. The van der Waals surface area contributed by atoms with Gasteiger partial charge in [0.2, 0.25) is 0 Å². The van der Waals surface area contributed by atoms with Crippen molar-refractivity contribution in [3.63, 3.8) is 0 Å². The number of nitrogens with zero attached hydrogens (tertiary/aromatic N) is 2. The summed E-state index contributed by atoms with van der Waals surface area (Å²) in [5, 5.41) is 43.4. The van der Waals surface area contributed by atoms with Crippen LogP contribution in [0.25, 0.3) is 0 Å². The molecule has 0 aromatic carbocycles. The second kappa shape index (κ2) is 18.7. The Balaban J connectivity index is 1.42. The number of epoxide rings is 1. The molecule has 290 valence electrons. The normalized spacial score (nSPS) is 34.8. The van der Waals surface area contributed by atoms with Gasteiger partial charge in [0, 0.05) is 50.5 Å². The van der Waals surface area contributed by atoms with E-state index in [9.17, 15) is 30.0 Å². The van der Waals surface area contributed by atoms with Crippen LogP contribution in [0.1, 0.15) is 112 Å². The number of hydrogen-bond acceptors (Lipinski definition) is 10. The molecule has 11 heteroatoms. The van der Waals surface area contributed by atoms with Crippen LogP contribution in [0.15, 0.2) is 36.0 Å². The molecule has 0 aromatic rings. The average Bonchev–Trinajstić information content (AvgIpc) is 3.89. The van der Waals surface area contributed by atoms with Crippen molar-refractivity contribution in [3.8, 4) is 0 Å². The number of cyclic esters (lactones) is 1. The molecule has 10 unspecified atom stereocenters. The summed E-state index contributed by atoms with van der Waals surface area (Å²) in [6.45, 7) is 13.7. The molecule has 3 heterocycles. The van der Waals surface area contributed by atoms with Crippen LogP contribution in [0.3, 0.4) is 0 Å². The maximum Gasteiger partial charge on any atom is 0.410 e. The summed E-state index contributed by atoms with van der Waals surface area (Å²) in [5.41, 5.74) is -1.92. The molecule has 4 N–H and O–H groups in total. The number of hydrogen-bond donors (Lipinski definition) is 4. The fraction of sp³-hybridized carbons (Fsp3) is 0.800. The standard InChI is InChI=1S/C40H66N2O9/c1-7-32(44)29(4)37-33(49-37)26-39(5,47)19-12-13-27(2)36-28(3)16-17-34(40(6,48)20-18-31(43)25-35(45)51-36)50-38(46)42-23-21-41(22-24-42)30-14-10-8-9-11-15-30/h12-13,16-17,19,28-34,36-37,43-44,47-48H,7-11,14-15,18,20-26H2,1-6H3.